The van der Waals surface area contributed by atoms with E-state index in [0.717, 1.165) is 0 Å². The van der Waals surface area contributed by atoms with Crippen molar-refractivity contribution in [1.82, 2.24) is 0 Å². The smallest absolute Gasteiger partial charge is 0.0178 e. The van der Waals surface area contributed by atoms with Crippen LogP contribution in [0.25, 0.3) is 55.6 Å². The number of benzene rings is 6. The van der Waals surface area contributed by atoms with E-state index < -0.39 is 0 Å². The van der Waals surface area contributed by atoms with Gasteiger partial charge in [-0.05, 0) is 93.7 Å². The summed E-state index contributed by atoms with van der Waals surface area (Å²) in [4.78, 5) is 0. The predicted octanol–water partition coefficient (Wildman–Crippen LogP) is 10.6. The maximum Gasteiger partial charge on any atom is -0.0178 e. The van der Waals surface area contributed by atoms with Crippen LogP contribution in [0.15, 0.2) is 146 Å². The largest absolute Gasteiger partial charge is 0.0610 e. The minimum atomic E-state index is 1.22. The maximum absolute atomic E-state index is 2.30. The molecule has 0 saturated heterocycles. The van der Waals surface area contributed by atoms with Gasteiger partial charge in [-0.3, -0.25) is 0 Å². The Morgan fingerprint density at radius 2 is 0.447 bits per heavy atom. The van der Waals surface area contributed by atoms with E-state index in [1.165, 1.54) is 66.8 Å². The Hall–Kier alpha value is -4.68. The molecule has 0 fully saturated rings. The fourth-order valence-electron chi connectivity index (χ4n) is 5.01. The minimum Gasteiger partial charge on any atom is -0.0610 e. The zero-order chi connectivity index (χ0) is 25.9. The molecule has 0 heteroatoms. The van der Waals surface area contributed by atoms with Gasteiger partial charge in [-0.15, -0.1) is 0 Å². The molecule has 0 bridgehead atoms. The molecule has 0 aliphatic carbocycles. The van der Waals surface area contributed by atoms with Crippen molar-refractivity contribution >= 4 is 0 Å². The summed E-state index contributed by atoms with van der Waals surface area (Å²) < 4.78 is 0. The van der Waals surface area contributed by atoms with Gasteiger partial charge in [0.15, 0.2) is 0 Å². The first kappa shape index (κ1) is 23.7. The summed E-state index contributed by atoms with van der Waals surface area (Å²) >= 11 is 0. The molecule has 0 aliphatic rings. The lowest BCUT2D eigenvalue weighted by atomic mass is 9.94. The Balaban J connectivity index is 1.32. The van der Waals surface area contributed by atoms with Crippen molar-refractivity contribution in [2.24, 2.45) is 0 Å². The Kier molecular flexibility index (Phi) is 6.46. The van der Waals surface area contributed by atoms with Crippen LogP contribution in [0, 0.1) is 13.8 Å². The third-order valence-corrected chi connectivity index (χ3v) is 7.22. The molecule has 0 saturated carbocycles. The minimum absolute atomic E-state index is 1.22. The number of rotatable bonds is 5. The van der Waals surface area contributed by atoms with E-state index >= 15 is 0 Å². The van der Waals surface area contributed by atoms with Crippen molar-refractivity contribution in [2.45, 2.75) is 13.8 Å². The Labute approximate surface area is 225 Å². The lowest BCUT2D eigenvalue weighted by Gasteiger charge is -2.11. The van der Waals surface area contributed by atoms with Crippen LogP contribution in [-0.4, -0.2) is 0 Å². The van der Waals surface area contributed by atoms with Crippen LogP contribution in [-0.2, 0) is 0 Å². The molecule has 6 aromatic carbocycles. The average Bonchev–Trinajstić information content (AvgIpc) is 2.98. The molecule has 0 radical (unpaired) electrons. The first-order valence-corrected chi connectivity index (χ1v) is 13.2. The molecule has 0 aromatic heterocycles. The van der Waals surface area contributed by atoms with Gasteiger partial charge in [0, 0.05) is 0 Å². The van der Waals surface area contributed by atoms with Gasteiger partial charge in [-0.25, -0.2) is 0 Å². The van der Waals surface area contributed by atoms with Gasteiger partial charge < -0.3 is 0 Å². The second kappa shape index (κ2) is 10.4. The van der Waals surface area contributed by atoms with E-state index in [1.54, 1.807) is 0 Å². The summed E-state index contributed by atoms with van der Waals surface area (Å²) in [7, 11) is 0. The third-order valence-electron chi connectivity index (χ3n) is 7.22. The summed E-state index contributed by atoms with van der Waals surface area (Å²) in [6.45, 7) is 4.25. The molecule has 38 heavy (non-hydrogen) atoms. The molecule has 0 aliphatic heterocycles. The Bertz CT molecular complexity index is 1570. The van der Waals surface area contributed by atoms with Crippen LogP contribution in [0.1, 0.15) is 11.1 Å². The van der Waals surface area contributed by atoms with Gasteiger partial charge in [0.2, 0.25) is 0 Å². The van der Waals surface area contributed by atoms with E-state index in [4.69, 9.17) is 0 Å². The molecule has 0 heterocycles. The summed E-state index contributed by atoms with van der Waals surface area (Å²) in [5, 5.41) is 0. The highest BCUT2D eigenvalue weighted by Gasteiger charge is 2.07. The molecule has 6 aromatic rings. The van der Waals surface area contributed by atoms with Crippen LogP contribution in [0.5, 0.6) is 0 Å². The number of hydrogen-bond donors (Lipinski definition) is 0. The first-order valence-electron chi connectivity index (χ1n) is 13.2. The van der Waals surface area contributed by atoms with Crippen LogP contribution in [0.3, 0.4) is 0 Å². The highest BCUT2D eigenvalue weighted by molar-refractivity contribution is 5.80. The average molecular weight is 487 g/mol. The quantitative estimate of drug-likeness (QED) is 0.227. The van der Waals surface area contributed by atoms with Gasteiger partial charge in [-0.2, -0.15) is 0 Å². The molecular weight excluding hydrogens is 456 g/mol. The topological polar surface area (TPSA) is 0 Å². The molecule has 0 spiro atoms. The molecule has 0 atom stereocenters. The van der Waals surface area contributed by atoms with E-state index in [1.807, 2.05) is 0 Å². The predicted molar refractivity (Wildman–Crippen MR) is 163 cm³/mol. The third kappa shape index (κ3) is 5.08. The second-order valence-corrected chi connectivity index (χ2v) is 10.1. The summed E-state index contributed by atoms with van der Waals surface area (Å²) in [6.07, 6.45) is 0. The van der Waals surface area contributed by atoms with Crippen molar-refractivity contribution in [3.63, 3.8) is 0 Å². The fraction of sp³-hybridized carbons (Fsp3) is 0.0526. The number of aryl methyl sites for hydroxylation is 2. The van der Waals surface area contributed by atoms with E-state index in [-0.39, 0.29) is 0 Å². The van der Waals surface area contributed by atoms with Gasteiger partial charge in [0.05, 0.1) is 0 Å². The Morgan fingerprint density at radius 3 is 0.684 bits per heavy atom. The van der Waals surface area contributed by atoms with Crippen molar-refractivity contribution in [1.29, 1.82) is 0 Å². The van der Waals surface area contributed by atoms with Gasteiger partial charge in [-0.1, -0.05) is 132 Å². The zero-order valence-corrected chi connectivity index (χ0v) is 21.9. The molecule has 0 unspecified atom stereocenters. The van der Waals surface area contributed by atoms with E-state index in [2.05, 4.69) is 159 Å². The van der Waals surface area contributed by atoms with Crippen LogP contribution in [0.4, 0.5) is 0 Å². The summed E-state index contributed by atoms with van der Waals surface area (Å²) in [5.41, 5.74) is 14.9. The molecule has 182 valence electrons. The number of hydrogen-bond acceptors (Lipinski definition) is 0. The highest BCUT2D eigenvalue weighted by Crippen LogP contribution is 2.33. The lowest BCUT2D eigenvalue weighted by molar-refractivity contribution is 1.47. The van der Waals surface area contributed by atoms with E-state index in [0.29, 0.717) is 0 Å². The van der Waals surface area contributed by atoms with Gasteiger partial charge >= 0.3 is 0 Å². The SMILES string of the molecule is Cc1ccc(-c2cccc(-c3cccc(-c4cccc(-c5cccc(-c6ccc(C)cc6)c5)c4)c3)c2)cc1. The van der Waals surface area contributed by atoms with Crippen molar-refractivity contribution in [2.75, 3.05) is 0 Å². The Morgan fingerprint density at radius 1 is 0.237 bits per heavy atom. The van der Waals surface area contributed by atoms with Gasteiger partial charge in [0.25, 0.3) is 0 Å². The first-order chi connectivity index (χ1) is 18.6. The van der Waals surface area contributed by atoms with E-state index in [9.17, 15) is 0 Å². The van der Waals surface area contributed by atoms with Crippen LogP contribution >= 0.6 is 0 Å². The summed E-state index contributed by atoms with van der Waals surface area (Å²) in [6, 6.07) is 52.9. The van der Waals surface area contributed by atoms with Crippen LogP contribution < -0.4 is 0 Å². The fourth-order valence-corrected chi connectivity index (χ4v) is 5.01. The van der Waals surface area contributed by atoms with Crippen molar-refractivity contribution in [3.05, 3.63) is 157 Å². The summed E-state index contributed by atoms with van der Waals surface area (Å²) in [5.74, 6) is 0. The molecule has 6 rings (SSSR count). The molecule has 0 N–H and O–H groups in total. The van der Waals surface area contributed by atoms with Crippen molar-refractivity contribution < 1.29 is 0 Å². The standard InChI is InChI=1S/C38H30/c1-27-15-19-29(20-16-27)31-7-3-9-33(23-31)35-11-5-13-37(25-35)38-14-6-12-36(26-38)34-10-4-8-32(24-34)30-21-17-28(2)18-22-30/h3-26H,1-2H3. The van der Waals surface area contributed by atoms with Gasteiger partial charge in [0.1, 0.15) is 0 Å². The molecule has 0 nitrogen and oxygen atoms in total. The maximum atomic E-state index is 2.30. The van der Waals surface area contributed by atoms with Crippen LogP contribution in [0.2, 0.25) is 0 Å². The van der Waals surface area contributed by atoms with Crippen molar-refractivity contribution in [3.8, 4) is 55.6 Å². The molecule has 0 amide bonds. The second-order valence-electron chi connectivity index (χ2n) is 10.1. The monoisotopic (exact) mass is 486 g/mol. The normalized spacial score (nSPS) is 10.9. The highest BCUT2D eigenvalue weighted by atomic mass is 14.1. The zero-order valence-electron chi connectivity index (χ0n) is 21.9. The lowest BCUT2D eigenvalue weighted by Crippen LogP contribution is -1.85. The molecular formula is C38H30.